The summed E-state index contributed by atoms with van der Waals surface area (Å²) in [6.45, 7) is 0.896. The van der Waals surface area contributed by atoms with Crippen LogP contribution in [0.2, 0.25) is 0 Å². The summed E-state index contributed by atoms with van der Waals surface area (Å²) in [5, 5.41) is 9.27. The van der Waals surface area contributed by atoms with Crippen LogP contribution in [-0.2, 0) is 9.59 Å². The maximum atomic E-state index is 12.4. The molecule has 5 heteroatoms. The van der Waals surface area contributed by atoms with Crippen LogP contribution >= 0.6 is 0 Å². The molecule has 1 aromatic rings. The number of likely N-dealkylation sites (tertiary alicyclic amines) is 1. The topological polar surface area (TPSA) is 87.2 Å². The Bertz CT molecular complexity index is 536. The number of piperidine rings is 1. The molecule has 1 aromatic carbocycles. The molecule has 5 nitrogen and oxygen atoms in total. The van der Waals surface area contributed by atoms with E-state index in [0.29, 0.717) is 25.1 Å². The number of nitrogens with zero attached hydrogens (tertiary/aromatic N) is 2. The lowest BCUT2D eigenvalue weighted by molar-refractivity contribution is -0.135. The molecule has 0 saturated carbocycles. The SMILES string of the molecule is N#CC(C(=O)N1CCCC(C(N)=O)C1)c1ccccc1. The minimum atomic E-state index is -0.817. The summed E-state index contributed by atoms with van der Waals surface area (Å²) in [5.41, 5.74) is 5.99. The molecule has 0 radical (unpaired) electrons. The van der Waals surface area contributed by atoms with E-state index < -0.39 is 5.92 Å². The van der Waals surface area contributed by atoms with Crippen LogP contribution in [0.4, 0.5) is 0 Å². The smallest absolute Gasteiger partial charge is 0.244 e. The van der Waals surface area contributed by atoms with Crippen molar-refractivity contribution >= 4 is 11.8 Å². The predicted molar refractivity (Wildman–Crippen MR) is 73.3 cm³/mol. The first-order valence-corrected chi connectivity index (χ1v) is 6.66. The van der Waals surface area contributed by atoms with Crippen LogP contribution < -0.4 is 5.73 Å². The van der Waals surface area contributed by atoms with Gasteiger partial charge in [-0.1, -0.05) is 30.3 Å². The van der Waals surface area contributed by atoms with E-state index >= 15 is 0 Å². The lowest BCUT2D eigenvalue weighted by Crippen LogP contribution is -2.45. The van der Waals surface area contributed by atoms with Gasteiger partial charge >= 0.3 is 0 Å². The van der Waals surface area contributed by atoms with Crippen LogP contribution in [0, 0.1) is 17.2 Å². The van der Waals surface area contributed by atoms with Gasteiger partial charge in [-0.2, -0.15) is 5.26 Å². The van der Waals surface area contributed by atoms with Crippen molar-refractivity contribution in [2.45, 2.75) is 18.8 Å². The Hall–Kier alpha value is -2.35. The number of nitriles is 1. The van der Waals surface area contributed by atoms with Crippen molar-refractivity contribution in [2.75, 3.05) is 13.1 Å². The Labute approximate surface area is 118 Å². The molecule has 1 fully saturated rings. The van der Waals surface area contributed by atoms with Crippen LogP contribution in [-0.4, -0.2) is 29.8 Å². The standard InChI is InChI=1S/C15H17N3O2/c16-9-13(11-5-2-1-3-6-11)15(20)18-8-4-7-12(10-18)14(17)19/h1-3,5-6,12-13H,4,7-8,10H2,(H2,17,19). The molecule has 1 saturated heterocycles. The van der Waals surface area contributed by atoms with Crippen molar-refractivity contribution < 1.29 is 9.59 Å². The molecule has 1 heterocycles. The molecule has 2 unspecified atom stereocenters. The van der Waals surface area contributed by atoms with Crippen LogP contribution in [0.25, 0.3) is 0 Å². The van der Waals surface area contributed by atoms with E-state index in [1.807, 2.05) is 6.07 Å². The van der Waals surface area contributed by atoms with Crippen LogP contribution in [0.1, 0.15) is 24.3 Å². The van der Waals surface area contributed by atoms with Gasteiger partial charge in [-0.05, 0) is 18.4 Å². The second-order valence-corrected chi connectivity index (χ2v) is 5.00. The maximum Gasteiger partial charge on any atom is 0.244 e. The third-order valence-electron chi connectivity index (χ3n) is 3.64. The Morgan fingerprint density at radius 1 is 1.35 bits per heavy atom. The van der Waals surface area contributed by atoms with Crippen LogP contribution in [0.3, 0.4) is 0 Å². The van der Waals surface area contributed by atoms with Crippen molar-refractivity contribution in [3.8, 4) is 6.07 Å². The van der Waals surface area contributed by atoms with E-state index in [9.17, 15) is 14.9 Å². The Kier molecular flexibility index (Phi) is 4.36. The zero-order valence-electron chi connectivity index (χ0n) is 11.2. The fourth-order valence-corrected chi connectivity index (χ4v) is 2.51. The summed E-state index contributed by atoms with van der Waals surface area (Å²) in [5.74, 6) is -1.74. The van der Waals surface area contributed by atoms with Gasteiger partial charge in [0.2, 0.25) is 11.8 Å². The molecule has 0 bridgehead atoms. The number of hydrogen-bond acceptors (Lipinski definition) is 3. The Morgan fingerprint density at radius 3 is 2.65 bits per heavy atom. The molecule has 0 spiro atoms. The molecule has 20 heavy (non-hydrogen) atoms. The minimum Gasteiger partial charge on any atom is -0.369 e. The molecule has 0 aromatic heterocycles. The molecule has 2 N–H and O–H groups in total. The molecule has 0 aliphatic carbocycles. The van der Waals surface area contributed by atoms with E-state index in [1.165, 1.54) is 0 Å². The summed E-state index contributed by atoms with van der Waals surface area (Å²) in [6.07, 6.45) is 1.45. The predicted octanol–water partition coefficient (Wildman–Crippen LogP) is 1.02. The number of benzene rings is 1. The number of primary amides is 1. The van der Waals surface area contributed by atoms with Gasteiger partial charge in [0, 0.05) is 13.1 Å². The first-order chi connectivity index (χ1) is 9.63. The van der Waals surface area contributed by atoms with E-state index in [2.05, 4.69) is 6.07 Å². The first-order valence-electron chi connectivity index (χ1n) is 6.66. The number of carbonyl (C=O) groups excluding carboxylic acids is 2. The zero-order valence-corrected chi connectivity index (χ0v) is 11.2. The quantitative estimate of drug-likeness (QED) is 0.890. The van der Waals surface area contributed by atoms with Gasteiger partial charge in [0.25, 0.3) is 0 Å². The van der Waals surface area contributed by atoms with Crippen LogP contribution in [0.5, 0.6) is 0 Å². The lowest BCUT2D eigenvalue weighted by Gasteiger charge is -2.32. The maximum absolute atomic E-state index is 12.4. The number of nitrogens with two attached hydrogens (primary N) is 1. The average molecular weight is 271 g/mol. The van der Waals surface area contributed by atoms with Crippen molar-refractivity contribution in [1.82, 2.24) is 4.90 Å². The van der Waals surface area contributed by atoms with E-state index in [-0.39, 0.29) is 17.7 Å². The van der Waals surface area contributed by atoms with Gasteiger partial charge in [0.15, 0.2) is 0 Å². The molecular weight excluding hydrogens is 254 g/mol. The largest absolute Gasteiger partial charge is 0.369 e. The van der Waals surface area contributed by atoms with E-state index in [0.717, 1.165) is 6.42 Å². The van der Waals surface area contributed by atoms with Crippen molar-refractivity contribution in [3.63, 3.8) is 0 Å². The van der Waals surface area contributed by atoms with Gasteiger partial charge in [0.1, 0.15) is 5.92 Å². The summed E-state index contributed by atoms with van der Waals surface area (Å²) in [7, 11) is 0. The molecule has 2 rings (SSSR count). The molecule has 1 aliphatic rings. The fraction of sp³-hybridized carbons (Fsp3) is 0.400. The Balaban J connectivity index is 2.13. The average Bonchev–Trinajstić information content (AvgIpc) is 2.49. The number of carbonyl (C=O) groups is 2. The lowest BCUT2D eigenvalue weighted by atomic mass is 9.94. The summed E-state index contributed by atoms with van der Waals surface area (Å²) in [6, 6.07) is 11.0. The highest BCUT2D eigenvalue weighted by Gasteiger charge is 2.31. The highest BCUT2D eigenvalue weighted by Crippen LogP contribution is 2.22. The normalized spacial score (nSPS) is 19.9. The molecule has 2 amide bonds. The first kappa shape index (κ1) is 14.1. The van der Waals surface area contributed by atoms with Gasteiger partial charge < -0.3 is 10.6 Å². The van der Waals surface area contributed by atoms with E-state index in [4.69, 9.17) is 5.73 Å². The minimum absolute atomic E-state index is 0.246. The second kappa shape index (κ2) is 6.20. The summed E-state index contributed by atoms with van der Waals surface area (Å²) in [4.78, 5) is 25.3. The fourth-order valence-electron chi connectivity index (χ4n) is 2.51. The number of hydrogen-bond donors (Lipinski definition) is 1. The number of amides is 2. The second-order valence-electron chi connectivity index (χ2n) is 5.00. The third kappa shape index (κ3) is 2.97. The van der Waals surface area contributed by atoms with Crippen molar-refractivity contribution in [2.24, 2.45) is 11.7 Å². The zero-order chi connectivity index (χ0) is 14.5. The number of rotatable bonds is 3. The van der Waals surface area contributed by atoms with E-state index in [1.54, 1.807) is 29.2 Å². The molecule has 1 aliphatic heterocycles. The van der Waals surface area contributed by atoms with Gasteiger partial charge in [-0.25, -0.2) is 0 Å². The monoisotopic (exact) mass is 271 g/mol. The molecular formula is C15H17N3O2. The molecule has 104 valence electrons. The van der Waals surface area contributed by atoms with Gasteiger partial charge in [0.05, 0.1) is 12.0 Å². The van der Waals surface area contributed by atoms with Gasteiger partial charge in [-0.3, -0.25) is 9.59 Å². The van der Waals surface area contributed by atoms with Gasteiger partial charge in [-0.15, -0.1) is 0 Å². The summed E-state index contributed by atoms with van der Waals surface area (Å²) >= 11 is 0. The molecule has 2 atom stereocenters. The highest BCUT2D eigenvalue weighted by molar-refractivity contribution is 5.87. The van der Waals surface area contributed by atoms with Crippen LogP contribution in [0.15, 0.2) is 30.3 Å². The Morgan fingerprint density at radius 2 is 2.05 bits per heavy atom. The third-order valence-corrected chi connectivity index (χ3v) is 3.64. The van der Waals surface area contributed by atoms with Crippen molar-refractivity contribution in [3.05, 3.63) is 35.9 Å². The van der Waals surface area contributed by atoms with Crippen molar-refractivity contribution in [1.29, 1.82) is 5.26 Å². The highest BCUT2D eigenvalue weighted by atomic mass is 16.2. The summed E-state index contributed by atoms with van der Waals surface area (Å²) < 4.78 is 0.